The third kappa shape index (κ3) is 2.91. The van der Waals surface area contributed by atoms with Gasteiger partial charge in [-0.3, -0.25) is 9.48 Å². The Morgan fingerprint density at radius 2 is 2.29 bits per heavy atom. The van der Waals surface area contributed by atoms with Crippen molar-refractivity contribution in [3.63, 3.8) is 0 Å². The number of rotatable bonds is 5. The molecule has 3 heterocycles. The van der Waals surface area contributed by atoms with Gasteiger partial charge in [-0.05, 0) is 24.8 Å². The van der Waals surface area contributed by atoms with Crippen molar-refractivity contribution >= 4 is 5.91 Å². The van der Waals surface area contributed by atoms with Crippen molar-refractivity contribution < 1.29 is 9.53 Å². The van der Waals surface area contributed by atoms with Gasteiger partial charge in [-0.25, -0.2) is 9.97 Å². The van der Waals surface area contributed by atoms with Crippen LogP contribution < -0.4 is 0 Å². The molecule has 0 spiro atoms. The van der Waals surface area contributed by atoms with E-state index < -0.39 is 0 Å². The second-order valence-corrected chi connectivity index (χ2v) is 6.61. The van der Waals surface area contributed by atoms with E-state index in [1.54, 1.807) is 19.4 Å². The fraction of sp³-hybridized carbons (Fsp3) is 0.529. The molecule has 1 aliphatic carbocycles. The largest absolute Gasteiger partial charge is 0.384 e. The van der Waals surface area contributed by atoms with Crippen molar-refractivity contribution in [2.45, 2.75) is 31.8 Å². The molecule has 0 N–H and O–H groups in total. The maximum absolute atomic E-state index is 12.7. The summed E-state index contributed by atoms with van der Waals surface area (Å²) < 4.78 is 7.54. The van der Waals surface area contributed by atoms with Crippen LogP contribution in [-0.2, 0) is 17.8 Å². The minimum atomic E-state index is -0.0703. The number of hydrogen-bond donors (Lipinski definition) is 0. The topological polar surface area (TPSA) is 73.1 Å². The molecule has 0 radical (unpaired) electrons. The molecule has 0 aromatic carbocycles. The van der Waals surface area contributed by atoms with Crippen LogP contribution in [0.25, 0.3) is 0 Å². The van der Waals surface area contributed by atoms with E-state index in [1.165, 1.54) is 24.9 Å². The summed E-state index contributed by atoms with van der Waals surface area (Å²) in [5.41, 5.74) is 2.77. The quantitative estimate of drug-likeness (QED) is 0.831. The number of carbonyl (C=O) groups is 1. The Balaban J connectivity index is 1.60. The first-order valence-electron chi connectivity index (χ1n) is 8.35. The summed E-state index contributed by atoms with van der Waals surface area (Å²) in [6, 6.07) is 1.65. The van der Waals surface area contributed by atoms with Crippen molar-refractivity contribution in [1.82, 2.24) is 24.6 Å². The average Bonchev–Trinajstić information content (AvgIpc) is 3.34. The van der Waals surface area contributed by atoms with Gasteiger partial charge < -0.3 is 9.64 Å². The Bertz CT molecular complexity index is 726. The van der Waals surface area contributed by atoms with Crippen LogP contribution in [0.2, 0.25) is 0 Å². The van der Waals surface area contributed by atoms with Crippen molar-refractivity contribution in [2.75, 3.05) is 20.3 Å². The zero-order valence-electron chi connectivity index (χ0n) is 13.8. The van der Waals surface area contributed by atoms with E-state index >= 15 is 0 Å². The van der Waals surface area contributed by atoms with E-state index in [4.69, 9.17) is 4.74 Å². The van der Waals surface area contributed by atoms with Crippen molar-refractivity contribution in [1.29, 1.82) is 0 Å². The van der Waals surface area contributed by atoms with E-state index in [1.807, 2.05) is 11.1 Å². The summed E-state index contributed by atoms with van der Waals surface area (Å²) in [5.74, 6) is 0.836. The molecule has 1 unspecified atom stereocenters. The van der Waals surface area contributed by atoms with E-state index in [2.05, 4.69) is 19.7 Å². The van der Waals surface area contributed by atoms with E-state index in [-0.39, 0.29) is 11.8 Å². The predicted octanol–water partition coefficient (Wildman–Crippen LogP) is 1.47. The number of ether oxygens (including phenoxy) is 1. The summed E-state index contributed by atoms with van der Waals surface area (Å²) in [5, 5.41) is 4.57. The molecule has 1 aliphatic heterocycles. The van der Waals surface area contributed by atoms with Gasteiger partial charge in [-0.15, -0.1) is 0 Å². The Kier molecular flexibility index (Phi) is 4.02. The minimum Gasteiger partial charge on any atom is -0.384 e. The number of methoxy groups -OCH3 is 1. The monoisotopic (exact) mass is 327 g/mol. The first kappa shape index (κ1) is 15.3. The third-order valence-electron chi connectivity index (χ3n) is 4.73. The molecular formula is C17H21N5O2. The van der Waals surface area contributed by atoms with Gasteiger partial charge in [0.05, 0.1) is 18.5 Å². The highest BCUT2D eigenvalue weighted by Gasteiger charge is 2.34. The number of hydrogen-bond acceptors (Lipinski definition) is 5. The molecule has 1 fully saturated rings. The molecule has 7 nitrogen and oxygen atoms in total. The molecular weight excluding hydrogens is 306 g/mol. The number of amides is 1. The van der Waals surface area contributed by atoms with Gasteiger partial charge >= 0.3 is 0 Å². The van der Waals surface area contributed by atoms with Crippen LogP contribution in [0.3, 0.4) is 0 Å². The van der Waals surface area contributed by atoms with Crippen molar-refractivity contribution in [2.24, 2.45) is 5.92 Å². The Morgan fingerprint density at radius 3 is 3.00 bits per heavy atom. The Morgan fingerprint density at radius 1 is 1.42 bits per heavy atom. The van der Waals surface area contributed by atoms with E-state index in [0.29, 0.717) is 25.4 Å². The second kappa shape index (κ2) is 6.32. The molecule has 0 saturated heterocycles. The third-order valence-corrected chi connectivity index (χ3v) is 4.73. The highest BCUT2D eigenvalue weighted by Crippen LogP contribution is 2.34. The smallest absolute Gasteiger partial charge is 0.272 e. The van der Waals surface area contributed by atoms with Gasteiger partial charge in [-0.1, -0.05) is 0 Å². The van der Waals surface area contributed by atoms with Crippen LogP contribution in [0, 0.1) is 5.92 Å². The molecule has 24 heavy (non-hydrogen) atoms. The number of fused-ring (bicyclic) bond motifs is 1. The SMILES string of the molecule is COCC1CN(C(=O)c2ccncn2)Cc2cnn(CC3CC3)c21. The van der Waals surface area contributed by atoms with Gasteiger partial charge in [0.1, 0.15) is 12.0 Å². The van der Waals surface area contributed by atoms with Crippen LogP contribution >= 0.6 is 0 Å². The normalized spacial score (nSPS) is 20.0. The molecule has 1 atom stereocenters. The fourth-order valence-corrected chi connectivity index (χ4v) is 3.41. The molecule has 126 valence electrons. The van der Waals surface area contributed by atoms with Crippen LogP contribution in [0.1, 0.15) is 40.5 Å². The zero-order chi connectivity index (χ0) is 16.5. The van der Waals surface area contributed by atoms with Gasteiger partial charge in [0.15, 0.2) is 0 Å². The molecule has 2 aromatic heterocycles. The van der Waals surface area contributed by atoms with Crippen molar-refractivity contribution in [3.05, 3.63) is 41.7 Å². The van der Waals surface area contributed by atoms with Crippen molar-refractivity contribution in [3.8, 4) is 0 Å². The lowest BCUT2D eigenvalue weighted by Crippen LogP contribution is -2.40. The molecule has 2 aromatic rings. The highest BCUT2D eigenvalue weighted by molar-refractivity contribution is 5.92. The number of aromatic nitrogens is 4. The summed E-state index contributed by atoms with van der Waals surface area (Å²) in [4.78, 5) is 22.5. The Labute approximate surface area is 140 Å². The number of carbonyl (C=O) groups excluding carboxylic acids is 1. The standard InChI is InChI=1S/C17H21N5O2/c1-24-10-14-9-21(17(23)15-4-5-18-11-19-15)8-13-6-20-22(16(13)14)7-12-2-3-12/h4-6,11-12,14H,2-3,7-10H2,1H3. The highest BCUT2D eigenvalue weighted by atomic mass is 16.5. The van der Waals surface area contributed by atoms with Crippen LogP contribution in [0.4, 0.5) is 0 Å². The lowest BCUT2D eigenvalue weighted by molar-refractivity contribution is 0.0669. The van der Waals surface area contributed by atoms with Gasteiger partial charge in [0.25, 0.3) is 5.91 Å². The fourth-order valence-electron chi connectivity index (χ4n) is 3.41. The average molecular weight is 327 g/mol. The van der Waals surface area contributed by atoms with Gasteiger partial charge in [0, 0.05) is 44.4 Å². The Hall–Kier alpha value is -2.28. The molecule has 2 aliphatic rings. The predicted molar refractivity (Wildman–Crippen MR) is 86.3 cm³/mol. The van der Waals surface area contributed by atoms with Gasteiger partial charge in [0.2, 0.25) is 0 Å². The molecule has 1 amide bonds. The molecule has 0 bridgehead atoms. The van der Waals surface area contributed by atoms with E-state index in [9.17, 15) is 4.79 Å². The first-order chi connectivity index (χ1) is 11.8. The van der Waals surface area contributed by atoms with Gasteiger partial charge in [-0.2, -0.15) is 5.10 Å². The zero-order valence-corrected chi connectivity index (χ0v) is 13.8. The number of nitrogens with zero attached hydrogens (tertiary/aromatic N) is 5. The van der Waals surface area contributed by atoms with E-state index in [0.717, 1.165) is 18.0 Å². The minimum absolute atomic E-state index is 0.0703. The van der Waals surface area contributed by atoms with Crippen LogP contribution in [-0.4, -0.2) is 50.8 Å². The second-order valence-electron chi connectivity index (χ2n) is 6.61. The molecule has 1 saturated carbocycles. The maximum atomic E-state index is 12.7. The first-order valence-corrected chi connectivity index (χ1v) is 8.35. The summed E-state index contributed by atoms with van der Waals surface area (Å²) in [6.45, 7) is 2.76. The summed E-state index contributed by atoms with van der Waals surface area (Å²) >= 11 is 0. The maximum Gasteiger partial charge on any atom is 0.272 e. The summed E-state index contributed by atoms with van der Waals surface area (Å²) in [6.07, 6.45) is 7.49. The molecule has 4 rings (SSSR count). The summed E-state index contributed by atoms with van der Waals surface area (Å²) in [7, 11) is 1.70. The molecule has 7 heteroatoms. The van der Waals surface area contributed by atoms with Crippen LogP contribution in [0.15, 0.2) is 24.8 Å². The lowest BCUT2D eigenvalue weighted by Gasteiger charge is -2.33. The lowest BCUT2D eigenvalue weighted by atomic mass is 9.96. The van der Waals surface area contributed by atoms with Crippen LogP contribution in [0.5, 0.6) is 0 Å².